The number of amides is 1. The quantitative estimate of drug-likeness (QED) is 0.139. The average molecular weight is 732 g/mol. The lowest BCUT2D eigenvalue weighted by Crippen LogP contribution is -2.39. The van der Waals surface area contributed by atoms with Gasteiger partial charge >= 0.3 is 6.09 Å². The number of carbonyl (C=O) groups is 1. The van der Waals surface area contributed by atoms with Crippen molar-refractivity contribution in [3.8, 4) is 5.75 Å². The molecule has 2 aromatic carbocycles. The third-order valence-corrected chi connectivity index (χ3v) is 11.2. The van der Waals surface area contributed by atoms with Crippen LogP contribution in [0.1, 0.15) is 64.6 Å². The van der Waals surface area contributed by atoms with Crippen molar-refractivity contribution < 1.29 is 28.0 Å². The third-order valence-electron chi connectivity index (χ3n) is 9.70. The highest BCUT2D eigenvalue weighted by molar-refractivity contribution is 7.84. The van der Waals surface area contributed by atoms with Gasteiger partial charge in [-0.2, -0.15) is 0 Å². The lowest BCUT2D eigenvalue weighted by Gasteiger charge is -2.27. The van der Waals surface area contributed by atoms with Gasteiger partial charge in [-0.3, -0.25) is 4.21 Å². The summed E-state index contributed by atoms with van der Waals surface area (Å²) in [4.78, 5) is 26.4. The van der Waals surface area contributed by atoms with Crippen LogP contribution in [-0.2, 0) is 38.0 Å². The smallest absolute Gasteiger partial charge is 0.410 e. The van der Waals surface area contributed by atoms with Crippen molar-refractivity contribution in [2.45, 2.75) is 90.1 Å². The minimum atomic E-state index is -1.12. The molecule has 1 saturated carbocycles. The van der Waals surface area contributed by atoms with E-state index < -0.39 is 22.2 Å². The standard InChI is InChI=1S/C40H53N5O6S/c1-39(2,3)51-38(46)44(21-18-28-12-9-8-10-13-28)20-11-23-52(47)26-30-24-33(35-34(30)49-40(4,5)50-35)45-22-19-32-36(41-27-42-37(32)45)43(6)25-29-14-16-31(48-7)17-15-29/h8-10,12-17,19,22,27,30,33-35H,11,18,20-21,23-26H2,1-7H3/t30-,33-,34-,35+,52?/m1/s1. The second-order valence-corrected chi connectivity index (χ2v) is 17.0. The number of aromatic nitrogens is 3. The van der Waals surface area contributed by atoms with Crippen LogP contribution in [-0.4, -0.2) is 92.1 Å². The molecule has 52 heavy (non-hydrogen) atoms. The average Bonchev–Trinajstić information content (AvgIpc) is 3.77. The van der Waals surface area contributed by atoms with Gasteiger partial charge in [0.15, 0.2) is 5.79 Å². The molecular weight excluding hydrogens is 679 g/mol. The largest absolute Gasteiger partial charge is 0.497 e. The Morgan fingerprint density at radius 2 is 1.73 bits per heavy atom. The SMILES string of the molecule is COc1ccc(CN(C)c2ncnc3c2ccn3[C@@H]2C[C@H](CS(=O)CCCN(CCc3ccccc3)C(=O)OC(C)(C)C)[C@H]3OC(C)(C)O[C@H]32)cc1. The summed E-state index contributed by atoms with van der Waals surface area (Å²) < 4.78 is 39.9. The van der Waals surface area contributed by atoms with Gasteiger partial charge in [0.2, 0.25) is 0 Å². The van der Waals surface area contributed by atoms with Gasteiger partial charge in [-0.1, -0.05) is 42.5 Å². The summed E-state index contributed by atoms with van der Waals surface area (Å²) in [6.07, 6.45) is 5.04. The third kappa shape index (κ3) is 9.13. The van der Waals surface area contributed by atoms with Crippen molar-refractivity contribution >= 4 is 33.7 Å². The van der Waals surface area contributed by atoms with E-state index in [-0.39, 0.29) is 30.3 Å². The topological polar surface area (TPSA) is 108 Å². The second kappa shape index (κ2) is 15.9. The van der Waals surface area contributed by atoms with Crippen LogP contribution in [0.2, 0.25) is 0 Å². The Morgan fingerprint density at radius 3 is 2.44 bits per heavy atom. The Bertz CT molecular complexity index is 1830. The maximum absolute atomic E-state index is 13.7. The summed E-state index contributed by atoms with van der Waals surface area (Å²) in [5.74, 6) is 1.94. The van der Waals surface area contributed by atoms with Gasteiger partial charge in [0.1, 0.15) is 35.2 Å². The number of hydrogen-bond acceptors (Lipinski definition) is 9. The number of benzene rings is 2. The first kappa shape index (κ1) is 37.7. The molecule has 1 aliphatic carbocycles. The number of fused-ring (bicyclic) bond motifs is 2. The van der Waals surface area contributed by atoms with Gasteiger partial charge in [-0.25, -0.2) is 14.8 Å². The van der Waals surface area contributed by atoms with E-state index >= 15 is 0 Å². The molecule has 5 atom stereocenters. The first-order valence-electron chi connectivity index (χ1n) is 18.2. The number of hydrogen-bond donors (Lipinski definition) is 0. The lowest BCUT2D eigenvalue weighted by atomic mass is 10.1. The Labute approximate surface area is 310 Å². The van der Waals surface area contributed by atoms with Crippen LogP contribution >= 0.6 is 0 Å². The zero-order chi connectivity index (χ0) is 37.0. The number of methoxy groups -OCH3 is 1. The monoisotopic (exact) mass is 731 g/mol. The van der Waals surface area contributed by atoms with Crippen molar-refractivity contribution in [1.82, 2.24) is 19.4 Å². The number of nitrogens with zero attached hydrogens (tertiary/aromatic N) is 5. The molecule has 0 N–H and O–H groups in total. The van der Waals surface area contributed by atoms with Crippen LogP contribution in [0.25, 0.3) is 11.0 Å². The first-order chi connectivity index (χ1) is 24.8. The molecule has 11 nitrogen and oxygen atoms in total. The Hall–Kier alpha value is -4.00. The normalized spacial score (nSPS) is 21.5. The summed E-state index contributed by atoms with van der Waals surface area (Å²) in [5, 5.41) is 0.960. The number of anilines is 1. The van der Waals surface area contributed by atoms with Crippen LogP contribution in [0.3, 0.4) is 0 Å². The van der Waals surface area contributed by atoms with Gasteiger partial charge < -0.3 is 33.3 Å². The molecule has 1 aliphatic heterocycles. The van der Waals surface area contributed by atoms with Crippen molar-refractivity contribution in [3.05, 3.63) is 84.3 Å². The van der Waals surface area contributed by atoms with E-state index in [1.54, 1.807) is 18.3 Å². The molecule has 2 aliphatic rings. The van der Waals surface area contributed by atoms with Gasteiger partial charge in [0.05, 0.1) is 24.6 Å². The van der Waals surface area contributed by atoms with E-state index in [0.29, 0.717) is 37.6 Å². The molecule has 4 aromatic rings. The number of ether oxygens (including phenoxy) is 4. The molecule has 0 spiro atoms. The zero-order valence-electron chi connectivity index (χ0n) is 31.5. The van der Waals surface area contributed by atoms with E-state index in [1.807, 2.05) is 72.0 Å². The fraction of sp³-hybridized carbons (Fsp3) is 0.525. The number of carbonyl (C=O) groups excluding carboxylic acids is 1. The molecule has 280 valence electrons. The van der Waals surface area contributed by atoms with Gasteiger partial charge in [0.25, 0.3) is 0 Å². The molecular formula is C40H53N5O6S. The van der Waals surface area contributed by atoms with Crippen LogP contribution < -0.4 is 9.64 Å². The van der Waals surface area contributed by atoms with Gasteiger partial charge in [-0.05, 0) is 83.2 Å². The maximum atomic E-state index is 13.7. The molecule has 0 radical (unpaired) electrons. The maximum Gasteiger partial charge on any atom is 0.410 e. The van der Waals surface area contributed by atoms with Crippen molar-refractivity contribution in [2.24, 2.45) is 5.92 Å². The molecule has 1 amide bonds. The van der Waals surface area contributed by atoms with Crippen LogP contribution in [0, 0.1) is 5.92 Å². The fourth-order valence-electron chi connectivity index (χ4n) is 7.37. The van der Waals surface area contributed by atoms with E-state index in [9.17, 15) is 9.00 Å². The molecule has 6 rings (SSSR count). The fourth-order valence-corrected chi connectivity index (χ4v) is 8.79. The zero-order valence-corrected chi connectivity index (χ0v) is 32.3. The molecule has 2 fully saturated rings. The van der Waals surface area contributed by atoms with E-state index in [0.717, 1.165) is 46.6 Å². The predicted molar refractivity (Wildman–Crippen MR) is 204 cm³/mol. The minimum absolute atomic E-state index is 0.0363. The summed E-state index contributed by atoms with van der Waals surface area (Å²) in [7, 11) is 2.58. The van der Waals surface area contributed by atoms with Gasteiger partial charge in [-0.15, -0.1) is 0 Å². The summed E-state index contributed by atoms with van der Waals surface area (Å²) in [6, 6.07) is 20.2. The molecule has 12 heteroatoms. The van der Waals surface area contributed by atoms with Crippen molar-refractivity contribution in [1.29, 1.82) is 0 Å². The highest BCUT2D eigenvalue weighted by Gasteiger charge is 2.55. The molecule has 2 aromatic heterocycles. The highest BCUT2D eigenvalue weighted by Crippen LogP contribution is 2.48. The molecule has 3 heterocycles. The predicted octanol–water partition coefficient (Wildman–Crippen LogP) is 6.78. The molecule has 1 saturated heterocycles. The van der Waals surface area contributed by atoms with E-state index in [2.05, 4.69) is 51.0 Å². The molecule has 1 unspecified atom stereocenters. The van der Waals surface area contributed by atoms with E-state index in [4.69, 9.17) is 23.9 Å². The number of rotatable bonds is 14. The van der Waals surface area contributed by atoms with Crippen LogP contribution in [0.4, 0.5) is 10.6 Å². The molecule has 0 bridgehead atoms. The Kier molecular flexibility index (Phi) is 11.6. The van der Waals surface area contributed by atoms with Crippen molar-refractivity contribution in [2.75, 3.05) is 43.7 Å². The Balaban J connectivity index is 1.11. The van der Waals surface area contributed by atoms with Crippen LogP contribution in [0.5, 0.6) is 5.75 Å². The summed E-state index contributed by atoms with van der Waals surface area (Å²) >= 11 is 0. The highest BCUT2D eigenvalue weighted by atomic mass is 32.2. The van der Waals surface area contributed by atoms with Crippen molar-refractivity contribution in [3.63, 3.8) is 0 Å². The Morgan fingerprint density at radius 1 is 1.00 bits per heavy atom. The summed E-state index contributed by atoms with van der Waals surface area (Å²) in [6.45, 7) is 11.2. The minimum Gasteiger partial charge on any atom is -0.497 e. The second-order valence-electron chi connectivity index (χ2n) is 15.4. The first-order valence-corrected chi connectivity index (χ1v) is 19.7. The van der Waals surface area contributed by atoms with Gasteiger partial charge in [0, 0.05) is 61.1 Å². The van der Waals surface area contributed by atoms with E-state index in [1.165, 1.54) is 0 Å². The lowest BCUT2D eigenvalue weighted by molar-refractivity contribution is -0.159. The van der Waals surface area contributed by atoms with Crippen LogP contribution in [0.15, 0.2) is 73.2 Å². The summed E-state index contributed by atoms with van der Waals surface area (Å²) in [5.41, 5.74) is 2.55.